The molecule has 0 saturated carbocycles. The van der Waals surface area contributed by atoms with Gasteiger partial charge < -0.3 is 4.57 Å². The van der Waals surface area contributed by atoms with Crippen molar-refractivity contribution >= 4 is 32.6 Å². The highest BCUT2D eigenvalue weighted by Crippen LogP contribution is 2.36. The third-order valence-electron chi connectivity index (χ3n) is 8.47. The summed E-state index contributed by atoms with van der Waals surface area (Å²) in [5, 5.41) is 23.9. The molecule has 0 amide bonds. The van der Waals surface area contributed by atoms with E-state index in [-0.39, 0.29) is 0 Å². The first-order chi connectivity index (χ1) is 20.2. The number of fused-ring (bicyclic) bond motifs is 6. The molecule has 7 aromatic rings. The van der Waals surface area contributed by atoms with E-state index >= 15 is 0 Å². The number of aromatic nitrogens is 1. The third kappa shape index (κ3) is 3.72. The molecule has 0 saturated heterocycles. The predicted octanol–water partition coefficient (Wildman–Crippen LogP) is 8.84. The Morgan fingerprint density at radius 3 is 1.78 bits per heavy atom. The summed E-state index contributed by atoms with van der Waals surface area (Å²) >= 11 is 0. The van der Waals surface area contributed by atoms with E-state index in [1.165, 1.54) is 60.5 Å². The van der Waals surface area contributed by atoms with Crippen molar-refractivity contribution in [3.8, 4) is 29.0 Å². The van der Waals surface area contributed by atoms with Crippen molar-refractivity contribution in [2.45, 2.75) is 12.8 Å². The van der Waals surface area contributed by atoms with Crippen molar-refractivity contribution in [1.82, 2.24) is 4.57 Å². The van der Waals surface area contributed by atoms with Crippen LogP contribution in [0.3, 0.4) is 0 Å². The molecule has 0 atom stereocenters. The standard InChI is InChI=1S/C38H23N3/c39-22-24-13-25(23-40)15-29(14-24)26-9-10-27-17-32-20-33-21-34(12-11-28(33)18-31(32)19-30(27)16-26)41-37-7-3-1-5-35(37)36-6-2-4-8-38(36)41/h1-16,18,20-21H,17,19H2. The van der Waals surface area contributed by atoms with Crippen LogP contribution in [0.25, 0.3) is 49.4 Å². The second-order valence-electron chi connectivity index (χ2n) is 10.9. The van der Waals surface area contributed by atoms with E-state index in [0.717, 1.165) is 24.0 Å². The number of hydrogen-bond donors (Lipinski definition) is 0. The maximum Gasteiger partial charge on any atom is 0.0992 e. The summed E-state index contributed by atoms with van der Waals surface area (Å²) in [6.07, 6.45) is 1.76. The minimum Gasteiger partial charge on any atom is -0.309 e. The predicted molar refractivity (Wildman–Crippen MR) is 165 cm³/mol. The quantitative estimate of drug-likeness (QED) is 0.228. The summed E-state index contributed by atoms with van der Waals surface area (Å²) in [6, 6.07) is 45.1. The number of hydrogen-bond acceptors (Lipinski definition) is 2. The Labute approximate surface area is 237 Å². The summed E-state index contributed by atoms with van der Waals surface area (Å²) < 4.78 is 2.37. The van der Waals surface area contributed by atoms with E-state index in [1.54, 1.807) is 6.07 Å². The number of benzene rings is 6. The Balaban J connectivity index is 1.20. The Kier molecular flexibility index (Phi) is 5.08. The van der Waals surface area contributed by atoms with Gasteiger partial charge in [0.15, 0.2) is 0 Å². The van der Waals surface area contributed by atoms with Gasteiger partial charge in [0.25, 0.3) is 0 Å². The fourth-order valence-corrected chi connectivity index (χ4v) is 6.52. The first kappa shape index (κ1) is 23.3. The molecule has 3 nitrogen and oxygen atoms in total. The van der Waals surface area contributed by atoms with E-state index in [1.807, 2.05) is 12.1 Å². The summed E-state index contributed by atoms with van der Waals surface area (Å²) in [7, 11) is 0. The van der Waals surface area contributed by atoms with Crippen LogP contribution in [0.5, 0.6) is 0 Å². The van der Waals surface area contributed by atoms with Gasteiger partial charge in [-0.1, -0.05) is 72.8 Å². The Hall–Kier alpha value is -5.64. The molecule has 8 rings (SSSR count). The van der Waals surface area contributed by atoms with Crippen LogP contribution in [0.15, 0.2) is 115 Å². The minimum absolute atomic E-state index is 0.508. The molecule has 0 spiro atoms. The average molecular weight is 522 g/mol. The maximum absolute atomic E-state index is 9.42. The summed E-state index contributed by atoms with van der Waals surface area (Å²) in [6.45, 7) is 0. The van der Waals surface area contributed by atoms with Crippen LogP contribution < -0.4 is 0 Å². The van der Waals surface area contributed by atoms with E-state index in [0.29, 0.717) is 11.1 Å². The van der Waals surface area contributed by atoms with Gasteiger partial charge in [0, 0.05) is 16.5 Å². The largest absolute Gasteiger partial charge is 0.309 e. The zero-order valence-corrected chi connectivity index (χ0v) is 22.2. The lowest BCUT2D eigenvalue weighted by molar-refractivity contribution is 1.01. The minimum atomic E-state index is 0.508. The Morgan fingerprint density at radius 2 is 1.10 bits per heavy atom. The summed E-state index contributed by atoms with van der Waals surface area (Å²) in [5.74, 6) is 0. The number of rotatable bonds is 2. The van der Waals surface area contributed by atoms with Crippen molar-refractivity contribution < 1.29 is 0 Å². The summed E-state index contributed by atoms with van der Waals surface area (Å²) in [5.41, 5.74) is 11.9. The van der Waals surface area contributed by atoms with E-state index < -0.39 is 0 Å². The first-order valence-electron chi connectivity index (χ1n) is 13.8. The van der Waals surface area contributed by atoms with Crippen LogP contribution in [0.4, 0.5) is 0 Å². The number of nitrogens with zero attached hydrogens (tertiary/aromatic N) is 3. The first-order valence-corrected chi connectivity index (χ1v) is 13.8. The molecule has 0 fully saturated rings. The van der Waals surface area contributed by atoms with Crippen molar-refractivity contribution in [3.63, 3.8) is 0 Å². The zero-order valence-electron chi connectivity index (χ0n) is 22.2. The van der Waals surface area contributed by atoms with Crippen LogP contribution in [-0.2, 0) is 12.8 Å². The molecule has 1 aromatic heterocycles. The molecule has 190 valence electrons. The highest BCUT2D eigenvalue weighted by molar-refractivity contribution is 6.09. The fraction of sp³-hybridized carbons (Fsp3) is 0.0526. The van der Waals surface area contributed by atoms with Gasteiger partial charge >= 0.3 is 0 Å². The fourth-order valence-electron chi connectivity index (χ4n) is 6.52. The lowest BCUT2D eigenvalue weighted by Gasteiger charge is -2.22. The van der Waals surface area contributed by atoms with Crippen molar-refractivity contribution in [2.75, 3.05) is 0 Å². The van der Waals surface area contributed by atoms with Crippen LogP contribution in [0, 0.1) is 22.7 Å². The summed E-state index contributed by atoms with van der Waals surface area (Å²) in [4.78, 5) is 0. The van der Waals surface area contributed by atoms with Crippen LogP contribution >= 0.6 is 0 Å². The molecule has 0 bridgehead atoms. The smallest absolute Gasteiger partial charge is 0.0992 e. The maximum atomic E-state index is 9.42. The SMILES string of the molecule is N#Cc1cc(C#N)cc(-c2ccc3c(c2)Cc2cc4ccc(-n5c6ccccc6c6ccccc65)cc4cc2C3)c1. The number of nitriles is 2. The van der Waals surface area contributed by atoms with E-state index in [9.17, 15) is 10.5 Å². The van der Waals surface area contributed by atoms with Crippen LogP contribution in [0.1, 0.15) is 33.4 Å². The molecule has 0 aliphatic heterocycles. The zero-order chi connectivity index (χ0) is 27.5. The molecular formula is C38H23N3. The highest BCUT2D eigenvalue weighted by atomic mass is 15.0. The molecule has 0 radical (unpaired) electrons. The molecule has 1 aliphatic carbocycles. The van der Waals surface area contributed by atoms with Crippen molar-refractivity contribution in [1.29, 1.82) is 10.5 Å². The van der Waals surface area contributed by atoms with Crippen LogP contribution in [-0.4, -0.2) is 4.57 Å². The highest BCUT2D eigenvalue weighted by Gasteiger charge is 2.18. The van der Waals surface area contributed by atoms with Crippen molar-refractivity contribution in [2.24, 2.45) is 0 Å². The molecule has 1 heterocycles. The Bertz CT molecular complexity index is 2200. The molecule has 3 heteroatoms. The van der Waals surface area contributed by atoms with Crippen molar-refractivity contribution in [3.05, 3.63) is 149 Å². The van der Waals surface area contributed by atoms with Gasteiger partial charge in [0.2, 0.25) is 0 Å². The molecule has 41 heavy (non-hydrogen) atoms. The van der Waals surface area contributed by atoms with E-state index in [4.69, 9.17) is 0 Å². The van der Waals surface area contributed by atoms with Gasteiger partial charge in [-0.05, 0) is 99.5 Å². The molecule has 0 N–H and O–H groups in total. The van der Waals surface area contributed by atoms with Crippen LogP contribution in [0.2, 0.25) is 0 Å². The second-order valence-corrected chi connectivity index (χ2v) is 10.9. The molecule has 1 aliphatic rings. The van der Waals surface area contributed by atoms with Gasteiger partial charge in [-0.2, -0.15) is 10.5 Å². The third-order valence-corrected chi connectivity index (χ3v) is 8.47. The molecular weight excluding hydrogens is 498 g/mol. The number of para-hydroxylation sites is 2. The van der Waals surface area contributed by atoms with E-state index in [2.05, 4.69) is 114 Å². The Morgan fingerprint density at radius 1 is 0.488 bits per heavy atom. The van der Waals surface area contributed by atoms with Gasteiger partial charge in [-0.25, -0.2) is 0 Å². The second kappa shape index (κ2) is 8.95. The lowest BCUT2D eigenvalue weighted by Crippen LogP contribution is -2.07. The van der Waals surface area contributed by atoms with Gasteiger partial charge in [0.05, 0.1) is 34.3 Å². The topological polar surface area (TPSA) is 52.5 Å². The van der Waals surface area contributed by atoms with Gasteiger partial charge in [0.1, 0.15) is 0 Å². The molecule has 0 unspecified atom stereocenters. The molecule has 6 aromatic carbocycles. The van der Waals surface area contributed by atoms with Gasteiger partial charge in [-0.3, -0.25) is 0 Å². The average Bonchev–Trinajstić information content (AvgIpc) is 3.36. The van der Waals surface area contributed by atoms with Gasteiger partial charge in [-0.15, -0.1) is 0 Å². The lowest BCUT2D eigenvalue weighted by atomic mass is 9.83. The monoisotopic (exact) mass is 521 g/mol. The normalized spacial score (nSPS) is 12.1.